The Morgan fingerprint density at radius 2 is 2.11 bits per heavy atom. The van der Waals surface area contributed by atoms with Gasteiger partial charge in [0.25, 0.3) is 0 Å². The first-order chi connectivity index (χ1) is 18.0. The van der Waals surface area contributed by atoms with Gasteiger partial charge in [-0.1, -0.05) is 13.0 Å². The second-order valence-electron chi connectivity index (χ2n) is 10.5. The monoisotopic (exact) mass is 528 g/mol. The molecule has 1 amide bonds. The van der Waals surface area contributed by atoms with Gasteiger partial charge >= 0.3 is 6.09 Å². The first-order valence-corrected chi connectivity index (χ1v) is 12.9. The Bertz CT molecular complexity index is 1200. The number of nitrogens with zero attached hydrogens (tertiary/aromatic N) is 4. The van der Waals surface area contributed by atoms with Crippen LogP contribution in [0.1, 0.15) is 52.5 Å². The number of methoxy groups -OCH3 is 1. The molecule has 1 fully saturated rings. The summed E-state index contributed by atoms with van der Waals surface area (Å²) in [5, 5.41) is 11.6. The van der Waals surface area contributed by atoms with E-state index in [-0.39, 0.29) is 24.2 Å². The maximum absolute atomic E-state index is 14.1. The molecule has 3 aliphatic heterocycles. The van der Waals surface area contributed by atoms with Gasteiger partial charge in [0.05, 0.1) is 35.3 Å². The molecule has 0 bridgehead atoms. The van der Waals surface area contributed by atoms with Gasteiger partial charge in [-0.3, -0.25) is 10.0 Å². The van der Waals surface area contributed by atoms with Crippen LogP contribution >= 0.6 is 0 Å². The molecule has 1 unspecified atom stereocenters. The van der Waals surface area contributed by atoms with Crippen LogP contribution in [0.4, 0.5) is 14.9 Å². The van der Waals surface area contributed by atoms with E-state index in [0.29, 0.717) is 48.5 Å². The normalized spacial score (nSPS) is 22.8. The number of likely N-dealkylation sites (tertiary alicyclic amines) is 1. The Labute approximate surface area is 222 Å². The molecular formula is C27H37FN6O4. The van der Waals surface area contributed by atoms with Crippen LogP contribution < -0.4 is 11.2 Å². The van der Waals surface area contributed by atoms with E-state index in [1.807, 2.05) is 38.8 Å². The van der Waals surface area contributed by atoms with Crippen LogP contribution in [-0.2, 0) is 15.9 Å². The molecule has 10 nitrogen and oxygen atoms in total. The number of amides is 1. The molecule has 0 spiro atoms. The van der Waals surface area contributed by atoms with Crippen molar-refractivity contribution in [1.29, 1.82) is 0 Å². The predicted octanol–water partition coefficient (Wildman–Crippen LogP) is 3.89. The van der Waals surface area contributed by atoms with Crippen LogP contribution in [0.15, 0.2) is 45.7 Å². The number of ether oxygens (including phenoxy) is 2. The van der Waals surface area contributed by atoms with Crippen molar-refractivity contribution in [1.82, 2.24) is 15.3 Å². The summed E-state index contributed by atoms with van der Waals surface area (Å²) < 4.78 is 25.3. The molecule has 4 N–H and O–H groups in total. The van der Waals surface area contributed by atoms with Crippen LogP contribution in [0, 0.1) is 5.82 Å². The molecule has 0 radical (unpaired) electrons. The largest absolute Gasteiger partial charge is 0.505 e. The first kappa shape index (κ1) is 27.4. The third-order valence-corrected chi connectivity index (χ3v) is 6.69. The lowest BCUT2D eigenvalue weighted by atomic mass is 10.0. The lowest BCUT2D eigenvalue weighted by Gasteiger charge is -2.33. The minimum Gasteiger partial charge on any atom is -0.505 e. The van der Waals surface area contributed by atoms with E-state index >= 15 is 0 Å². The third kappa shape index (κ3) is 5.77. The highest BCUT2D eigenvalue weighted by molar-refractivity contribution is 6.29. The summed E-state index contributed by atoms with van der Waals surface area (Å²) in [4.78, 5) is 24.0. The number of nitrogens with one attached hydrogen (secondary N) is 1. The van der Waals surface area contributed by atoms with Gasteiger partial charge in [-0.05, 0) is 51.7 Å². The molecule has 1 aromatic carbocycles. The Kier molecular flexibility index (Phi) is 7.96. The van der Waals surface area contributed by atoms with Gasteiger partial charge in [0, 0.05) is 32.3 Å². The average Bonchev–Trinajstić information content (AvgIpc) is 3.50. The molecule has 2 atom stereocenters. The van der Waals surface area contributed by atoms with E-state index in [1.165, 1.54) is 12.1 Å². The molecular weight excluding hydrogens is 491 g/mol. The van der Waals surface area contributed by atoms with Crippen molar-refractivity contribution in [3.63, 3.8) is 0 Å². The number of benzene rings is 1. The van der Waals surface area contributed by atoms with Gasteiger partial charge in [0.1, 0.15) is 11.4 Å². The lowest BCUT2D eigenvalue weighted by molar-refractivity contribution is -0.0138. The number of hydrazine groups is 1. The average molecular weight is 529 g/mol. The number of aromatic hydroxyl groups is 1. The van der Waals surface area contributed by atoms with E-state index in [1.54, 1.807) is 18.2 Å². The number of phenolic OH excluding ortho intramolecular Hbond substituents is 1. The van der Waals surface area contributed by atoms with Crippen molar-refractivity contribution in [3.8, 4) is 5.75 Å². The highest BCUT2D eigenvalue weighted by atomic mass is 19.1. The Hall–Kier alpha value is -3.60. The number of halogens is 1. The molecule has 1 aromatic rings. The summed E-state index contributed by atoms with van der Waals surface area (Å²) in [6.45, 7) is 8.41. The van der Waals surface area contributed by atoms with Crippen LogP contribution in [-0.4, -0.2) is 70.7 Å². The highest BCUT2D eigenvalue weighted by Gasteiger charge is 2.36. The minimum absolute atomic E-state index is 0.113. The number of fused-ring (bicyclic) bond motifs is 1. The number of hydrogen-bond acceptors (Lipinski definition) is 8. The second kappa shape index (κ2) is 11.0. The summed E-state index contributed by atoms with van der Waals surface area (Å²) in [5.74, 6) is -1.05. The highest BCUT2D eigenvalue weighted by Crippen LogP contribution is 2.31. The molecule has 3 heterocycles. The van der Waals surface area contributed by atoms with Crippen molar-refractivity contribution in [2.45, 2.75) is 71.2 Å². The summed E-state index contributed by atoms with van der Waals surface area (Å²) in [6, 6.07) is 2.42. The maximum atomic E-state index is 14.1. The topological polar surface area (TPSA) is 125 Å². The van der Waals surface area contributed by atoms with E-state index in [9.17, 15) is 14.3 Å². The second-order valence-corrected chi connectivity index (χ2v) is 10.5. The van der Waals surface area contributed by atoms with Crippen molar-refractivity contribution in [2.75, 3.05) is 20.2 Å². The SMILES string of the molecule is CCc1cc(O)c(F)cc1N=C(N)C1=CNN2C(=CCC2OC)C1=NC[C@H]1CCCN1C(=O)OC(C)(C)C. The van der Waals surface area contributed by atoms with Crippen molar-refractivity contribution >= 4 is 23.3 Å². The molecule has 38 heavy (non-hydrogen) atoms. The Morgan fingerprint density at radius 3 is 2.79 bits per heavy atom. The van der Waals surface area contributed by atoms with E-state index in [0.717, 1.165) is 18.5 Å². The van der Waals surface area contributed by atoms with Crippen LogP contribution in [0.3, 0.4) is 0 Å². The van der Waals surface area contributed by atoms with E-state index in [2.05, 4.69) is 10.4 Å². The number of aryl methyl sites for hydroxylation is 1. The molecule has 1 saturated heterocycles. The van der Waals surface area contributed by atoms with Crippen molar-refractivity contribution in [2.24, 2.45) is 15.7 Å². The Balaban J connectivity index is 1.66. The van der Waals surface area contributed by atoms with Gasteiger partial charge in [-0.15, -0.1) is 0 Å². The molecule has 3 aliphatic rings. The fourth-order valence-electron chi connectivity index (χ4n) is 4.79. The summed E-state index contributed by atoms with van der Waals surface area (Å²) in [7, 11) is 1.64. The van der Waals surface area contributed by atoms with Crippen molar-refractivity contribution < 1.29 is 23.8 Å². The zero-order valence-electron chi connectivity index (χ0n) is 22.6. The van der Waals surface area contributed by atoms with Gasteiger partial charge in [-0.25, -0.2) is 14.2 Å². The number of carbonyl (C=O) groups is 1. The predicted molar refractivity (Wildman–Crippen MR) is 144 cm³/mol. The zero-order valence-corrected chi connectivity index (χ0v) is 22.6. The number of amidine groups is 1. The van der Waals surface area contributed by atoms with Crippen LogP contribution in [0.25, 0.3) is 0 Å². The number of hydrogen-bond donors (Lipinski definition) is 3. The van der Waals surface area contributed by atoms with Crippen LogP contribution in [0.2, 0.25) is 0 Å². The van der Waals surface area contributed by atoms with Gasteiger partial charge in [0.2, 0.25) is 0 Å². The summed E-state index contributed by atoms with van der Waals surface area (Å²) in [6.07, 6.45) is 6.02. The Morgan fingerprint density at radius 1 is 1.34 bits per heavy atom. The first-order valence-electron chi connectivity index (χ1n) is 12.9. The number of carbonyl (C=O) groups excluding carboxylic acids is 1. The number of rotatable bonds is 6. The van der Waals surface area contributed by atoms with Gasteiger partial charge in [-0.2, -0.15) is 0 Å². The molecule has 0 saturated carbocycles. The minimum atomic E-state index is -0.769. The summed E-state index contributed by atoms with van der Waals surface area (Å²) >= 11 is 0. The molecule has 0 aliphatic carbocycles. The van der Waals surface area contributed by atoms with E-state index < -0.39 is 17.2 Å². The molecule has 11 heteroatoms. The maximum Gasteiger partial charge on any atom is 0.410 e. The quantitative estimate of drug-likeness (QED) is 0.378. The number of allylic oxidation sites excluding steroid dienone is 1. The molecule has 0 aromatic heterocycles. The van der Waals surface area contributed by atoms with Gasteiger partial charge in [0.15, 0.2) is 17.8 Å². The number of aliphatic imine (C=N–C) groups is 2. The number of nitrogens with two attached hydrogens (primary N) is 1. The standard InChI is InChI=1S/C27H37FN6O4/c1-6-16-12-22(35)19(28)13-20(16)32-25(29)18-15-31-34-21(9-10-23(34)37-5)24(18)30-14-17-8-7-11-33(17)26(36)38-27(2,3)4/h9,12-13,15,17,23,31,35H,6-8,10-11,14H2,1-5H3,(H2,29,32)/t17-,23?/m1/s1. The fraction of sp³-hybridized carbons (Fsp3) is 0.519. The van der Waals surface area contributed by atoms with Crippen LogP contribution in [0.5, 0.6) is 5.75 Å². The molecule has 206 valence electrons. The molecule has 4 rings (SSSR count). The number of phenols is 1. The fourth-order valence-corrected chi connectivity index (χ4v) is 4.79. The smallest absolute Gasteiger partial charge is 0.410 e. The van der Waals surface area contributed by atoms with Gasteiger partial charge < -0.3 is 30.6 Å². The van der Waals surface area contributed by atoms with E-state index in [4.69, 9.17) is 20.2 Å². The summed E-state index contributed by atoms with van der Waals surface area (Å²) in [5.41, 5.74) is 12.0. The zero-order chi connectivity index (χ0) is 27.6. The lowest BCUT2D eigenvalue weighted by Crippen LogP contribution is -2.47. The third-order valence-electron chi connectivity index (χ3n) is 6.69. The van der Waals surface area contributed by atoms with Crippen molar-refractivity contribution in [3.05, 3.63) is 47.1 Å².